The van der Waals surface area contributed by atoms with Gasteiger partial charge in [0.2, 0.25) is 0 Å². The molecule has 122 valence electrons. The molecule has 0 atom stereocenters. The Morgan fingerprint density at radius 2 is 1.75 bits per heavy atom. The van der Waals surface area contributed by atoms with Crippen LogP contribution in [0.25, 0.3) is 5.69 Å². The second kappa shape index (κ2) is 6.62. The molecule has 3 aromatic rings. The number of tetrazole rings is 1. The Labute approximate surface area is 140 Å². The summed E-state index contributed by atoms with van der Waals surface area (Å²) in [6.45, 7) is 5.92. The minimum atomic E-state index is -0.278. The molecule has 0 aliphatic rings. The van der Waals surface area contributed by atoms with Gasteiger partial charge in [-0.05, 0) is 60.0 Å². The SMILES string of the molecule is Cc1cc(C)c(OC(=O)Cc2ccc(-n3cnnn3)cc2)c(C)c1. The van der Waals surface area contributed by atoms with E-state index in [1.807, 2.05) is 57.2 Å². The third-order valence-corrected chi connectivity index (χ3v) is 3.72. The van der Waals surface area contributed by atoms with Gasteiger partial charge in [0, 0.05) is 0 Å². The maximum Gasteiger partial charge on any atom is 0.315 e. The van der Waals surface area contributed by atoms with Gasteiger partial charge in [0.1, 0.15) is 12.1 Å². The first kappa shape index (κ1) is 15.9. The first-order valence-corrected chi connectivity index (χ1v) is 7.64. The highest BCUT2D eigenvalue weighted by Gasteiger charge is 2.11. The molecule has 0 amide bonds. The summed E-state index contributed by atoms with van der Waals surface area (Å²) in [5.41, 5.74) is 4.80. The Balaban J connectivity index is 1.69. The summed E-state index contributed by atoms with van der Waals surface area (Å²) in [4.78, 5) is 12.2. The summed E-state index contributed by atoms with van der Waals surface area (Å²) in [5.74, 6) is 0.371. The molecular weight excluding hydrogens is 304 g/mol. The largest absolute Gasteiger partial charge is 0.426 e. The van der Waals surface area contributed by atoms with Crippen LogP contribution in [0.2, 0.25) is 0 Å². The van der Waals surface area contributed by atoms with Gasteiger partial charge in [0.25, 0.3) is 0 Å². The topological polar surface area (TPSA) is 69.9 Å². The Kier molecular flexibility index (Phi) is 4.37. The van der Waals surface area contributed by atoms with Gasteiger partial charge in [0.05, 0.1) is 12.1 Å². The highest BCUT2D eigenvalue weighted by molar-refractivity contribution is 5.76. The van der Waals surface area contributed by atoms with Crippen molar-refractivity contribution in [2.24, 2.45) is 0 Å². The summed E-state index contributed by atoms with van der Waals surface area (Å²) in [6, 6.07) is 11.5. The van der Waals surface area contributed by atoms with Crippen LogP contribution in [0.5, 0.6) is 5.75 Å². The second-order valence-electron chi connectivity index (χ2n) is 5.80. The van der Waals surface area contributed by atoms with E-state index >= 15 is 0 Å². The van der Waals surface area contributed by atoms with E-state index in [0.717, 1.165) is 27.9 Å². The van der Waals surface area contributed by atoms with Gasteiger partial charge in [0.15, 0.2) is 0 Å². The van der Waals surface area contributed by atoms with E-state index in [1.54, 1.807) is 4.68 Å². The standard InChI is InChI=1S/C18H18N4O2/c1-12-8-13(2)18(14(3)9-12)24-17(23)10-15-4-6-16(7-5-15)22-11-19-20-21-22/h4-9,11H,10H2,1-3H3. The van der Waals surface area contributed by atoms with Crippen LogP contribution >= 0.6 is 0 Å². The van der Waals surface area contributed by atoms with E-state index in [4.69, 9.17) is 4.74 Å². The summed E-state index contributed by atoms with van der Waals surface area (Å²) in [7, 11) is 0. The van der Waals surface area contributed by atoms with Crippen LogP contribution < -0.4 is 4.74 Å². The summed E-state index contributed by atoms with van der Waals surface area (Å²) in [5, 5.41) is 11.0. The average Bonchev–Trinajstić information content (AvgIpc) is 3.06. The minimum Gasteiger partial charge on any atom is -0.426 e. The van der Waals surface area contributed by atoms with Crippen LogP contribution in [0.15, 0.2) is 42.7 Å². The van der Waals surface area contributed by atoms with Gasteiger partial charge in [-0.2, -0.15) is 0 Å². The van der Waals surface area contributed by atoms with Crippen molar-refractivity contribution in [3.63, 3.8) is 0 Å². The molecule has 6 heteroatoms. The number of esters is 1. The number of nitrogens with zero attached hydrogens (tertiary/aromatic N) is 4. The summed E-state index contributed by atoms with van der Waals surface area (Å²) >= 11 is 0. The number of rotatable bonds is 4. The zero-order valence-electron chi connectivity index (χ0n) is 13.9. The first-order valence-electron chi connectivity index (χ1n) is 7.64. The fourth-order valence-corrected chi connectivity index (χ4v) is 2.69. The number of aromatic nitrogens is 4. The van der Waals surface area contributed by atoms with Crippen LogP contribution in [-0.4, -0.2) is 26.2 Å². The van der Waals surface area contributed by atoms with E-state index in [2.05, 4.69) is 15.5 Å². The van der Waals surface area contributed by atoms with Crippen LogP contribution in [0.1, 0.15) is 22.3 Å². The summed E-state index contributed by atoms with van der Waals surface area (Å²) < 4.78 is 7.12. The number of aryl methyl sites for hydroxylation is 3. The first-order chi connectivity index (χ1) is 11.5. The van der Waals surface area contributed by atoms with Gasteiger partial charge in [-0.15, -0.1) is 5.10 Å². The smallest absolute Gasteiger partial charge is 0.315 e. The Bertz CT molecular complexity index is 832. The zero-order chi connectivity index (χ0) is 17.1. The molecule has 0 fully saturated rings. The summed E-state index contributed by atoms with van der Waals surface area (Å²) in [6.07, 6.45) is 1.73. The molecular formula is C18H18N4O2. The van der Waals surface area contributed by atoms with Crippen LogP contribution in [-0.2, 0) is 11.2 Å². The van der Waals surface area contributed by atoms with Crippen LogP contribution in [0.3, 0.4) is 0 Å². The lowest BCUT2D eigenvalue weighted by Gasteiger charge is -2.11. The number of benzene rings is 2. The predicted molar refractivity (Wildman–Crippen MR) is 89.1 cm³/mol. The molecule has 0 N–H and O–H groups in total. The monoisotopic (exact) mass is 322 g/mol. The molecule has 1 aromatic heterocycles. The third-order valence-electron chi connectivity index (χ3n) is 3.72. The van der Waals surface area contributed by atoms with Gasteiger partial charge >= 0.3 is 5.97 Å². The molecule has 0 saturated carbocycles. The predicted octanol–water partition coefficient (Wildman–Crippen LogP) is 2.74. The fraction of sp³-hybridized carbons (Fsp3) is 0.222. The molecule has 3 rings (SSSR count). The Hall–Kier alpha value is -3.02. The van der Waals surface area contributed by atoms with E-state index in [0.29, 0.717) is 5.75 Å². The van der Waals surface area contributed by atoms with E-state index in [9.17, 15) is 4.79 Å². The molecule has 0 saturated heterocycles. The molecule has 24 heavy (non-hydrogen) atoms. The normalized spacial score (nSPS) is 10.6. The number of hydrogen-bond donors (Lipinski definition) is 0. The third kappa shape index (κ3) is 3.48. The molecule has 0 unspecified atom stereocenters. The molecule has 2 aromatic carbocycles. The molecule has 0 aliphatic carbocycles. The van der Waals surface area contributed by atoms with Crippen molar-refractivity contribution in [2.45, 2.75) is 27.2 Å². The van der Waals surface area contributed by atoms with Crippen LogP contribution in [0.4, 0.5) is 0 Å². The van der Waals surface area contributed by atoms with Crippen LogP contribution in [0, 0.1) is 20.8 Å². The second-order valence-corrected chi connectivity index (χ2v) is 5.80. The average molecular weight is 322 g/mol. The maximum absolute atomic E-state index is 12.2. The molecule has 0 radical (unpaired) electrons. The Morgan fingerprint density at radius 3 is 2.33 bits per heavy atom. The van der Waals surface area contributed by atoms with Crippen molar-refractivity contribution < 1.29 is 9.53 Å². The lowest BCUT2D eigenvalue weighted by atomic mass is 10.1. The highest BCUT2D eigenvalue weighted by atomic mass is 16.5. The van der Waals surface area contributed by atoms with Crippen molar-refractivity contribution in [3.8, 4) is 11.4 Å². The van der Waals surface area contributed by atoms with Gasteiger partial charge in [-0.3, -0.25) is 4.79 Å². The Morgan fingerprint density at radius 1 is 1.08 bits per heavy atom. The fourth-order valence-electron chi connectivity index (χ4n) is 2.69. The lowest BCUT2D eigenvalue weighted by molar-refractivity contribution is -0.133. The highest BCUT2D eigenvalue weighted by Crippen LogP contribution is 2.25. The number of carbonyl (C=O) groups is 1. The quantitative estimate of drug-likeness (QED) is 0.545. The van der Waals surface area contributed by atoms with Gasteiger partial charge < -0.3 is 4.74 Å². The minimum absolute atomic E-state index is 0.211. The molecule has 0 bridgehead atoms. The van der Waals surface area contributed by atoms with E-state index < -0.39 is 0 Å². The number of carbonyl (C=O) groups excluding carboxylic acids is 1. The van der Waals surface area contributed by atoms with E-state index in [1.165, 1.54) is 6.33 Å². The van der Waals surface area contributed by atoms with Crippen molar-refractivity contribution in [1.29, 1.82) is 0 Å². The zero-order valence-corrected chi connectivity index (χ0v) is 13.9. The number of hydrogen-bond acceptors (Lipinski definition) is 5. The lowest BCUT2D eigenvalue weighted by Crippen LogP contribution is -2.13. The van der Waals surface area contributed by atoms with Crippen molar-refractivity contribution in [3.05, 3.63) is 65.0 Å². The molecule has 0 spiro atoms. The number of ether oxygens (including phenoxy) is 1. The van der Waals surface area contributed by atoms with E-state index in [-0.39, 0.29) is 12.4 Å². The van der Waals surface area contributed by atoms with Crippen molar-refractivity contribution in [2.75, 3.05) is 0 Å². The van der Waals surface area contributed by atoms with Gasteiger partial charge in [-0.1, -0.05) is 29.8 Å². The molecule has 6 nitrogen and oxygen atoms in total. The van der Waals surface area contributed by atoms with Crippen molar-refractivity contribution in [1.82, 2.24) is 20.2 Å². The maximum atomic E-state index is 12.2. The molecule has 1 heterocycles. The van der Waals surface area contributed by atoms with Crippen molar-refractivity contribution >= 4 is 5.97 Å². The molecule has 0 aliphatic heterocycles. The van der Waals surface area contributed by atoms with Gasteiger partial charge in [-0.25, -0.2) is 4.68 Å².